The van der Waals surface area contributed by atoms with Crippen LogP contribution in [0, 0.1) is 11.7 Å². The number of aromatic nitrogens is 2. The Balaban J connectivity index is 1.19. The van der Waals surface area contributed by atoms with E-state index in [0.29, 0.717) is 25.5 Å². The van der Waals surface area contributed by atoms with Gasteiger partial charge in [0.25, 0.3) is 0 Å². The average molecular weight is 470 g/mol. The summed E-state index contributed by atoms with van der Waals surface area (Å²) in [6.45, 7) is 4.96. The number of hydrogen-bond acceptors (Lipinski definition) is 6. The van der Waals surface area contributed by atoms with E-state index >= 15 is 0 Å². The molecule has 1 aliphatic rings. The molecule has 2 aromatic carbocycles. The maximum Gasteiger partial charge on any atom is 0.319 e. The second kappa shape index (κ2) is 11.1. The van der Waals surface area contributed by atoms with Crippen LogP contribution >= 0.6 is 11.5 Å². The molecule has 2 amide bonds. The third kappa shape index (κ3) is 6.64. The molecule has 4 rings (SSSR count). The molecular formula is C24H28FN5O2S. The van der Waals surface area contributed by atoms with Crippen LogP contribution in [0.3, 0.4) is 0 Å². The Labute approximate surface area is 197 Å². The highest BCUT2D eigenvalue weighted by Crippen LogP contribution is 2.25. The van der Waals surface area contributed by atoms with Gasteiger partial charge < -0.3 is 20.3 Å². The molecule has 0 saturated carbocycles. The molecule has 0 atom stereocenters. The lowest BCUT2D eigenvalue weighted by molar-refractivity contribution is 0.248. The van der Waals surface area contributed by atoms with Crippen LogP contribution < -0.4 is 20.3 Å². The van der Waals surface area contributed by atoms with E-state index < -0.39 is 0 Å². The van der Waals surface area contributed by atoms with Crippen molar-refractivity contribution in [1.29, 1.82) is 0 Å². The minimum Gasteiger partial charge on any atom is -0.494 e. The topological polar surface area (TPSA) is 79.4 Å². The van der Waals surface area contributed by atoms with Gasteiger partial charge in [0.2, 0.25) is 5.13 Å². The van der Waals surface area contributed by atoms with Crippen LogP contribution in [0.1, 0.15) is 31.2 Å². The second-order valence-electron chi connectivity index (χ2n) is 8.02. The van der Waals surface area contributed by atoms with Gasteiger partial charge >= 0.3 is 6.03 Å². The first-order valence-corrected chi connectivity index (χ1v) is 12.0. The molecule has 174 valence electrons. The van der Waals surface area contributed by atoms with Crippen LogP contribution in [-0.4, -0.2) is 41.6 Å². The number of carbonyl (C=O) groups is 1. The van der Waals surface area contributed by atoms with Gasteiger partial charge in [-0.3, -0.25) is 0 Å². The van der Waals surface area contributed by atoms with Gasteiger partial charge in [0.1, 0.15) is 17.4 Å². The Bertz CT molecular complexity index is 1030. The maximum atomic E-state index is 13.1. The molecule has 0 bridgehead atoms. The van der Waals surface area contributed by atoms with E-state index in [4.69, 9.17) is 4.74 Å². The lowest BCUT2D eigenvalue weighted by atomic mass is 9.97. The third-order valence-electron chi connectivity index (χ3n) is 5.59. The van der Waals surface area contributed by atoms with Crippen molar-refractivity contribution in [1.82, 2.24) is 14.7 Å². The summed E-state index contributed by atoms with van der Waals surface area (Å²) < 4.78 is 22.9. The number of anilines is 2. The van der Waals surface area contributed by atoms with Crippen LogP contribution in [0.4, 0.5) is 20.0 Å². The van der Waals surface area contributed by atoms with Gasteiger partial charge in [0, 0.05) is 43.3 Å². The maximum absolute atomic E-state index is 13.1. The summed E-state index contributed by atoms with van der Waals surface area (Å²) in [4.78, 5) is 19.1. The van der Waals surface area contributed by atoms with Crippen LogP contribution in [0.25, 0.3) is 0 Å². The highest BCUT2D eigenvalue weighted by atomic mass is 32.1. The molecule has 1 aromatic heterocycles. The number of carbonyl (C=O) groups excluding carboxylic acids is 1. The number of ether oxygens (including phenoxy) is 1. The summed E-state index contributed by atoms with van der Waals surface area (Å²) in [5.41, 5.74) is 1.73. The first-order chi connectivity index (χ1) is 16.1. The molecule has 0 radical (unpaired) electrons. The molecule has 1 saturated heterocycles. The molecule has 0 spiro atoms. The van der Waals surface area contributed by atoms with E-state index in [2.05, 4.69) is 24.9 Å². The highest BCUT2D eigenvalue weighted by Gasteiger charge is 2.22. The summed E-state index contributed by atoms with van der Waals surface area (Å²) in [5.74, 6) is 1.74. The zero-order valence-corrected chi connectivity index (χ0v) is 19.4. The molecule has 9 heteroatoms. The van der Waals surface area contributed by atoms with Crippen LogP contribution in [-0.2, 0) is 6.42 Å². The predicted octanol–water partition coefficient (Wildman–Crippen LogP) is 4.70. The van der Waals surface area contributed by atoms with Crippen LogP contribution in [0.15, 0.2) is 48.5 Å². The monoisotopic (exact) mass is 469 g/mol. The number of piperidine rings is 1. The van der Waals surface area contributed by atoms with E-state index in [0.717, 1.165) is 53.9 Å². The quantitative estimate of drug-likeness (QED) is 0.500. The molecule has 0 unspecified atom stereocenters. The molecule has 7 nitrogen and oxygen atoms in total. The fourth-order valence-corrected chi connectivity index (χ4v) is 4.51. The van der Waals surface area contributed by atoms with Gasteiger partial charge in [0.15, 0.2) is 0 Å². The van der Waals surface area contributed by atoms with Crippen molar-refractivity contribution in [2.75, 3.05) is 36.5 Å². The van der Waals surface area contributed by atoms with E-state index in [1.807, 2.05) is 31.2 Å². The number of rotatable bonds is 8. The van der Waals surface area contributed by atoms with Crippen molar-refractivity contribution in [2.24, 2.45) is 5.92 Å². The van der Waals surface area contributed by atoms with Gasteiger partial charge in [-0.25, -0.2) is 14.2 Å². The molecule has 3 aromatic rings. The van der Waals surface area contributed by atoms with Crippen molar-refractivity contribution in [2.45, 2.75) is 26.2 Å². The zero-order valence-electron chi connectivity index (χ0n) is 18.6. The Morgan fingerprint density at radius 3 is 2.58 bits per heavy atom. The molecule has 0 aliphatic carbocycles. The van der Waals surface area contributed by atoms with Gasteiger partial charge in [-0.05, 0) is 67.6 Å². The summed E-state index contributed by atoms with van der Waals surface area (Å²) in [6.07, 6.45) is 2.56. The minimum atomic E-state index is -0.239. The summed E-state index contributed by atoms with van der Waals surface area (Å²) >= 11 is 1.41. The fourth-order valence-electron chi connectivity index (χ4n) is 3.77. The average Bonchev–Trinajstić information content (AvgIpc) is 3.29. The van der Waals surface area contributed by atoms with Gasteiger partial charge in [-0.1, -0.05) is 12.1 Å². The summed E-state index contributed by atoms with van der Waals surface area (Å²) in [7, 11) is 0. The van der Waals surface area contributed by atoms with Crippen LogP contribution in [0.5, 0.6) is 5.75 Å². The molecule has 1 fully saturated rings. The number of urea groups is 1. The van der Waals surface area contributed by atoms with Crippen molar-refractivity contribution in [3.05, 3.63) is 65.7 Å². The number of nitrogens with one attached hydrogen (secondary N) is 2. The normalized spacial score (nSPS) is 14.2. The van der Waals surface area contributed by atoms with Crippen molar-refractivity contribution in [3.8, 4) is 5.75 Å². The molecule has 2 heterocycles. The fraction of sp³-hybridized carbons (Fsp3) is 0.375. The van der Waals surface area contributed by atoms with E-state index in [9.17, 15) is 9.18 Å². The van der Waals surface area contributed by atoms with Gasteiger partial charge in [-0.15, -0.1) is 0 Å². The van der Waals surface area contributed by atoms with E-state index in [1.165, 1.54) is 23.7 Å². The summed E-state index contributed by atoms with van der Waals surface area (Å²) in [5, 5.41) is 6.76. The minimum absolute atomic E-state index is 0.198. The van der Waals surface area contributed by atoms with Crippen molar-refractivity contribution in [3.63, 3.8) is 0 Å². The van der Waals surface area contributed by atoms with E-state index in [1.54, 1.807) is 12.1 Å². The summed E-state index contributed by atoms with van der Waals surface area (Å²) in [6, 6.07) is 13.6. The Morgan fingerprint density at radius 1 is 1.15 bits per heavy atom. The highest BCUT2D eigenvalue weighted by molar-refractivity contribution is 7.09. The first-order valence-electron chi connectivity index (χ1n) is 11.2. The molecule has 2 N–H and O–H groups in total. The standard InChI is InChI=1S/C24H28FN5O2S/c1-2-32-21-9-7-20(8-10-21)27-23(31)26-16-18-11-13-30(14-12-18)24-28-22(29-33-24)15-17-3-5-19(25)6-4-17/h3-10,18H,2,11-16H2,1H3,(H2,26,27,31). The van der Waals surface area contributed by atoms with Crippen molar-refractivity contribution < 1.29 is 13.9 Å². The number of amides is 2. The smallest absolute Gasteiger partial charge is 0.319 e. The Hall–Kier alpha value is -3.20. The Kier molecular flexibility index (Phi) is 7.72. The lowest BCUT2D eigenvalue weighted by Gasteiger charge is -2.31. The molecular weight excluding hydrogens is 441 g/mol. The van der Waals surface area contributed by atoms with Gasteiger partial charge in [-0.2, -0.15) is 4.37 Å². The number of hydrogen-bond donors (Lipinski definition) is 2. The SMILES string of the molecule is CCOc1ccc(NC(=O)NCC2CCN(c3nc(Cc4ccc(F)cc4)ns3)CC2)cc1. The largest absolute Gasteiger partial charge is 0.494 e. The van der Waals surface area contributed by atoms with E-state index in [-0.39, 0.29) is 11.8 Å². The van der Waals surface area contributed by atoms with Crippen LogP contribution in [0.2, 0.25) is 0 Å². The third-order valence-corrected chi connectivity index (χ3v) is 6.41. The Morgan fingerprint density at radius 2 is 1.88 bits per heavy atom. The predicted molar refractivity (Wildman–Crippen MR) is 129 cm³/mol. The number of halogens is 1. The molecule has 33 heavy (non-hydrogen) atoms. The second-order valence-corrected chi connectivity index (χ2v) is 8.75. The van der Waals surface area contributed by atoms with Crippen molar-refractivity contribution >= 4 is 28.4 Å². The zero-order chi connectivity index (χ0) is 23.0. The number of benzene rings is 2. The lowest BCUT2D eigenvalue weighted by Crippen LogP contribution is -2.39. The number of nitrogens with zero attached hydrogens (tertiary/aromatic N) is 3. The first kappa shape index (κ1) is 23.0. The molecule has 1 aliphatic heterocycles. The van der Waals surface area contributed by atoms with Gasteiger partial charge in [0.05, 0.1) is 6.61 Å².